The van der Waals surface area contributed by atoms with Gasteiger partial charge in [0.15, 0.2) is 0 Å². The lowest BCUT2D eigenvalue weighted by Crippen LogP contribution is -2.58. The van der Waals surface area contributed by atoms with Gasteiger partial charge in [0.2, 0.25) is 11.8 Å². The van der Waals surface area contributed by atoms with E-state index >= 15 is 0 Å². The van der Waals surface area contributed by atoms with Gasteiger partial charge >= 0.3 is 0 Å². The third kappa shape index (κ3) is 4.85. The van der Waals surface area contributed by atoms with Gasteiger partial charge in [0.25, 0.3) is 0 Å². The molecule has 9 heteroatoms. The molecule has 0 aromatic carbocycles. The lowest BCUT2D eigenvalue weighted by Gasteiger charge is -2.43. The van der Waals surface area contributed by atoms with Crippen LogP contribution in [-0.2, 0) is 9.59 Å². The van der Waals surface area contributed by atoms with Gasteiger partial charge in [-0.15, -0.1) is 0 Å². The van der Waals surface area contributed by atoms with Gasteiger partial charge in [-0.05, 0) is 56.2 Å². The summed E-state index contributed by atoms with van der Waals surface area (Å²) in [4.78, 5) is 40.6. The van der Waals surface area contributed by atoms with E-state index < -0.39 is 0 Å². The topological polar surface area (TPSA) is 117 Å². The Hall–Kier alpha value is -4.24. The molecule has 2 aromatic rings. The first-order valence-electron chi connectivity index (χ1n) is 13.8. The van der Waals surface area contributed by atoms with Crippen molar-refractivity contribution < 1.29 is 9.59 Å². The van der Waals surface area contributed by atoms with Gasteiger partial charge < -0.3 is 14.7 Å². The maximum absolute atomic E-state index is 13.3. The summed E-state index contributed by atoms with van der Waals surface area (Å²) in [6.07, 6.45) is 8.75. The van der Waals surface area contributed by atoms with Crippen molar-refractivity contribution >= 4 is 23.7 Å². The molecule has 2 saturated heterocycles. The summed E-state index contributed by atoms with van der Waals surface area (Å²) >= 11 is 0. The second kappa shape index (κ2) is 10.1. The Morgan fingerprint density at radius 3 is 2.51 bits per heavy atom. The second-order valence-corrected chi connectivity index (χ2v) is 11.0. The Labute approximate surface area is 228 Å². The zero-order valence-corrected chi connectivity index (χ0v) is 22.0. The first-order chi connectivity index (χ1) is 19.0. The minimum atomic E-state index is 0.0176. The van der Waals surface area contributed by atoms with Crippen molar-refractivity contribution in [3.63, 3.8) is 0 Å². The number of hydrogen-bond donors (Lipinski definition) is 0. The van der Waals surface area contributed by atoms with E-state index in [0.29, 0.717) is 67.1 Å². The van der Waals surface area contributed by atoms with Gasteiger partial charge in [0.1, 0.15) is 18.0 Å². The van der Waals surface area contributed by atoms with Crippen LogP contribution in [0.15, 0.2) is 24.9 Å². The number of anilines is 1. The van der Waals surface area contributed by atoms with Gasteiger partial charge in [0.05, 0.1) is 35.1 Å². The maximum Gasteiger partial charge on any atom is 0.242 e. The molecule has 2 aliphatic heterocycles. The monoisotopic (exact) mass is 521 g/mol. The van der Waals surface area contributed by atoms with Gasteiger partial charge in [-0.1, -0.05) is 6.58 Å². The SMILES string of the molecule is C=Cc1cc(-c2cc(C#N)c(N3CCN(C(=O)CN4CCCC4=O)C(C4CC4)C3)nc2C2CC2)c(C#N)cn1. The highest BCUT2D eigenvalue weighted by Crippen LogP contribution is 2.46. The summed E-state index contributed by atoms with van der Waals surface area (Å²) in [5.41, 5.74) is 4.02. The molecule has 0 N–H and O–H groups in total. The molecule has 198 valence electrons. The largest absolute Gasteiger partial charge is 0.352 e. The van der Waals surface area contributed by atoms with Gasteiger partial charge in [0, 0.05) is 55.8 Å². The molecule has 4 aliphatic rings. The van der Waals surface area contributed by atoms with E-state index in [2.05, 4.69) is 28.6 Å². The van der Waals surface area contributed by atoms with E-state index in [0.717, 1.165) is 48.9 Å². The highest BCUT2D eigenvalue weighted by atomic mass is 16.2. The summed E-state index contributed by atoms with van der Waals surface area (Å²) in [5, 5.41) is 20.0. The van der Waals surface area contributed by atoms with Crippen molar-refractivity contribution in [2.24, 2.45) is 5.92 Å². The van der Waals surface area contributed by atoms with Crippen LogP contribution in [0.1, 0.15) is 67.0 Å². The smallest absolute Gasteiger partial charge is 0.242 e. The Morgan fingerprint density at radius 1 is 1.08 bits per heavy atom. The number of carbonyl (C=O) groups excluding carboxylic acids is 2. The number of amides is 2. The summed E-state index contributed by atoms with van der Waals surface area (Å²) < 4.78 is 0. The van der Waals surface area contributed by atoms with E-state index in [4.69, 9.17) is 4.98 Å². The predicted molar refractivity (Wildman–Crippen MR) is 145 cm³/mol. The van der Waals surface area contributed by atoms with Crippen LogP contribution in [0.2, 0.25) is 0 Å². The normalized spacial score (nSPS) is 21.0. The molecule has 2 aromatic heterocycles. The third-order valence-corrected chi connectivity index (χ3v) is 8.36. The fourth-order valence-corrected chi connectivity index (χ4v) is 5.94. The molecule has 2 amide bonds. The van der Waals surface area contributed by atoms with Crippen LogP contribution < -0.4 is 4.90 Å². The number of aromatic nitrogens is 2. The molecule has 2 aliphatic carbocycles. The molecule has 0 bridgehead atoms. The molecule has 4 heterocycles. The first kappa shape index (κ1) is 25.1. The molecule has 2 saturated carbocycles. The molecule has 9 nitrogen and oxygen atoms in total. The highest BCUT2D eigenvalue weighted by molar-refractivity contribution is 5.86. The van der Waals surface area contributed by atoms with Crippen molar-refractivity contribution in [2.45, 2.75) is 50.5 Å². The number of rotatable bonds is 7. The number of pyridine rings is 2. The number of carbonyl (C=O) groups is 2. The average Bonchev–Trinajstić information content (AvgIpc) is 3.90. The summed E-state index contributed by atoms with van der Waals surface area (Å²) in [6, 6.07) is 8.35. The molecule has 1 unspecified atom stereocenters. The zero-order valence-electron chi connectivity index (χ0n) is 22.0. The van der Waals surface area contributed by atoms with Gasteiger partial charge in [-0.2, -0.15) is 10.5 Å². The Kier molecular flexibility index (Phi) is 6.52. The second-order valence-electron chi connectivity index (χ2n) is 11.0. The van der Waals surface area contributed by atoms with E-state index in [-0.39, 0.29) is 24.4 Å². The number of likely N-dealkylation sites (tertiary alicyclic amines) is 1. The average molecular weight is 522 g/mol. The Morgan fingerprint density at radius 2 is 1.87 bits per heavy atom. The highest BCUT2D eigenvalue weighted by Gasteiger charge is 2.42. The van der Waals surface area contributed by atoms with Crippen molar-refractivity contribution in [2.75, 3.05) is 37.6 Å². The Balaban J connectivity index is 1.31. The van der Waals surface area contributed by atoms with Crippen LogP contribution in [-0.4, -0.2) is 70.3 Å². The van der Waals surface area contributed by atoms with Crippen LogP contribution in [0, 0.1) is 28.6 Å². The molecule has 39 heavy (non-hydrogen) atoms. The zero-order chi connectivity index (χ0) is 27.1. The minimum absolute atomic E-state index is 0.0176. The van der Waals surface area contributed by atoms with Crippen molar-refractivity contribution in [3.8, 4) is 23.3 Å². The Bertz CT molecular complexity index is 1430. The lowest BCUT2D eigenvalue weighted by molar-refractivity contribution is -0.140. The van der Waals surface area contributed by atoms with E-state index in [1.54, 1.807) is 17.2 Å². The lowest BCUT2D eigenvalue weighted by atomic mass is 9.95. The molecule has 6 rings (SSSR count). The van der Waals surface area contributed by atoms with E-state index in [1.165, 1.54) is 0 Å². The molecule has 4 fully saturated rings. The van der Waals surface area contributed by atoms with Gasteiger partial charge in [-0.25, -0.2) is 4.98 Å². The standard InChI is InChI=1S/C30H31N7O2/c1-2-23-13-24(22(15-32)16-33-23)25-12-21(14-31)30(34-29(25)20-7-8-20)36-10-11-37(26(17-36)19-5-6-19)28(39)18-35-9-3-4-27(35)38/h2,12-13,16,19-20,26H,1,3-11,17-18H2. The number of nitriles is 2. The predicted octanol–water partition coefficient (Wildman–Crippen LogP) is 3.46. The summed E-state index contributed by atoms with van der Waals surface area (Å²) in [6.45, 7) is 6.36. The van der Waals surface area contributed by atoms with E-state index in [9.17, 15) is 20.1 Å². The summed E-state index contributed by atoms with van der Waals surface area (Å²) in [7, 11) is 0. The first-order valence-corrected chi connectivity index (χ1v) is 13.8. The van der Waals surface area contributed by atoms with Crippen LogP contribution >= 0.6 is 0 Å². The molecule has 0 radical (unpaired) electrons. The van der Waals surface area contributed by atoms with Crippen molar-refractivity contribution in [1.29, 1.82) is 10.5 Å². The fraction of sp³-hybridized carbons (Fsp3) is 0.467. The fourth-order valence-electron chi connectivity index (χ4n) is 5.94. The number of nitrogens with zero attached hydrogens (tertiary/aromatic N) is 7. The molecule has 0 spiro atoms. The number of hydrogen-bond acceptors (Lipinski definition) is 7. The number of piperazine rings is 1. The maximum atomic E-state index is 13.3. The third-order valence-electron chi connectivity index (χ3n) is 8.36. The molecular formula is C30H31N7O2. The van der Waals surface area contributed by atoms with Crippen LogP contribution in [0.4, 0.5) is 5.82 Å². The molecular weight excluding hydrogens is 490 g/mol. The van der Waals surface area contributed by atoms with Crippen molar-refractivity contribution in [1.82, 2.24) is 19.8 Å². The molecule has 1 atom stereocenters. The summed E-state index contributed by atoms with van der Waals surface area (Å²) in [5.74, 6) is 1.47. The van der Waals surface area contributed by atoms with Crippen LogP contribution in [0.25, 0.3) is 17.2 Å². The van der Waals surface area contributed by atoms with Gasteiger partial charge in [-0.3, -0.25) is 14.6 Å². The minimum Gasteiger partial charge on any atom is -0.352 e. The van der Waals surface area contributed by atoms with E-state index in [1.807, 2.05) is 17.0 Å². The quantitative estimate of drug-likeness (QED) is 0.548. The van der Waals surface area contributed by atoms with Crippen LogP contribution in [0.3, 0.4) is 0 Å². The van der Waals surface area contributed by atoms with Crippen LogP contribution in [0.5, 0.6) is 0 Å². The van der Waals surface area contributed by atoms with Crippen molar-refractivity contribution in [3.05, 3.63) is 47.4 Å².